The average molecular weight is 278 g/mol. The van der Waals surface area contributed by atoms with Crippen molar-refractivity contribution in [2.45, 2.75) is 57.9 Å². The molecule has 1 heterocycles. The number of nitrogens with zero attached hydrogens (tertiary/aromatic N) is 1. The van der Waals surface area contributed by atoms with Gasteiger partial charge in [0, 0.05) is 17.1 Å². The van der Waals surface area contributed by atoms with Crippen LogP contribution in [0.4, 0.5) is 0 Å². The van der Waals surface area contributed by atoms with E-state index in [0.717, 1.165) is 24.3 Å². The van der Waals surface area contributed by atoms with E-state index in [9.17, 15) is 0 Å². The summed E-state index contributed by atoms with van der Waals surface area (Å²) in [7, 11) is 0. The maximum atomic E-state index is 4.22. The molecule has 2 aliphatic rings. The van der Waals surface area contributed by atoms with Gasteiger partial charge in [0.15, 0.2) is 0 Å². The Labute approximate surface area is 121 Å². The van der Waals surface area contributed by atoms with Crippen molar-refractivity contribution in [3.8, 4) is 0 Å². The van der Waals surface area contributed by atoms with Crippen molar-refractivity contribution in [3.63, 3.8) is 0 Å². The van der Waals surface area contributed by atoms with Gasteiger partial charge in [0.2, 0.25) is 0 Å². The number of fused-ring (bicyclic) bond motifs is 2. The minimum Gasteiger partial charge on any atom is -0.314 e. The molecule has 19 heavy (non-hydrogen) atoms. The van der Waals surface area contributed by atoms with Crippen molar-refractivity contribution in [1.82, 2.24) is 10.3 Å². The lowest BCUT2D eigenvalue weighted by molar-refractivity contribution is 0.277. The smallest absolute Gasteiger partial charge is 0.0794 e. The van der Waals surface area contributed by atoms with E-state index >= 15 is 0 Å². The number of hydrogen-bond acceptors (Lipinski definition) is 3. The highest BCUT2D eigenvalue weighted by Crippen LogP contribution is 2.50. The van der Waals surface area contributed by atoms with Crippen LogP contribution in [0.25, 0.3) is 0 Å². The molecule has 2 bridgehead atoms. The molecular formula is C16H26N2S. The summed E-state index contributed by atoms with van der Waals surface area (Å²) >= 11 is 1.81. The largest absolute Gasteiger partial charge is 0.314 e. The molecule has 1 aromatic rings. The predicted molar refractivity (Wildman–Crippen MR) is 81.5 cm³/mol. The Morgan fingerprint density at radius 3 is 3.00 bits per heavy atom. The van der Waals surface area contributed by atoms with Gasteiger partial charge in [0.05, 0.1) is 5.51 Å². The summed E-state index contributed by atoms with van der Waals surface area (Å²) in [5.41, 5.74) is 1.96. The maximum absolute atomic E-state index is 4.22. The molecule has 1 aromatic heterocycles. The van der Waals surface area contributed by atoms with Gasteiger partial charge in [-0.25, -0.2) is 0 Å². The lowest BCUT2D eigenvalue weighted by atomic mass is 9.83. The Kier molecular flexibility index (Phi) is 4.54. The quantitative estimate of drug-likeness (QED) is 0.818. The summed E-state index contributed by atoms with van der Waals surface area (Å²) < 4.78 is 0. The van der Waals surface area contributed by atoms with Crippen LogP contribution < -0.4 is 5.32 Å². The molecule has 4 unspecified atom stereocenters. The number of nitrogens with one attached hydrogen (secondary N) is 1. The molecule has 0 aromatic carbocycles. The summed E-state index contributed by atoms with van der Waals surface area (Å²) in [5.74, 6) is 3.13. The first-order valence-corrected chi connectivity index (χ1v) is 8.84. The van der Waals surface area contributed by atoms with Gasteiger partial charge in [-0.1, -0.05) is 13.3 Å². The minimum atomic E-state index is 0.671. The summed E-state index contributed by atoms with van der Waals surface area (Å²) in [6.07, 6.45) is 11.9. The molecule has 3 heteroatoms. The second kappa shape index (κ2) is 6.36. The monoisotopic (exact) mass is 278 g/mol. The second-order valence-electron chi connectivity index (χ2n) is 6.49. The molecule has 4 atom stereocenters. The van der Waals surface area contributed by atoms with Crippen LogP contribution in [-0.2, 0) is 6.42 Å². The molecule has 2 nitrogen and oxygen atoms in total. The zero-order valence-electron chi connectivity index (χ0n) is 12.0. The van der Waals surface area contributed by atoms with E-state index in [1.165, 1.54) is 49.8 Å². The molecule has 106 valence electrons. The molecule has 0 aliphatic heterocycles. The maximum Gasteiger partial charge on any atom is 0.0794 e. The van der Waals surface area contributed by atoms with Gasteiger partial charge in [0.1, 0.15) is 0 Å². The third-order valence-electron chi connectivity index (χ3n) is 5.09. The van der Waals surface area contributed by atoms with Gasteiger partial charge < -0.3 is 5.32 Å². The average Bonchev–Trinajstić information content (AvgIpc) is 3.12. The third kappa shape index (κ3) is 3.38. The minimum absolute atomic E-state index is 0.671. The lowest BCUT2D eigenvalue weighted by Gasteiger charge is -2.27. The van der Waals surface area contributed by atoms with Crippen LogP contribution in [0.1, 0.15) is 50.3 Å². The SMILES string of the molecule is CCCNC(Cc1cncs1)CC1CC2CCC1C2. The van der Waals surface area contributed by atoms with E-state index in [0.29, 0.717) is 6.04 Å². The van der Waals surface area contributed by atoms with Crippen molar-refractivity contribution < 1.29 is 0 Å². The fourth-order valence-corrected chi connectivity index (χ4v) is 4.88. The Bertz CT molecular complexity index is 376. The molecule has 0 radical (unpaired) electrons. The molecule has 1 N–H and O–H groups in total. The first-order valence-electron chi connectivity index (χ1n) is 7.96. The molecule has 2 aliphatic carbocycles. The number of aromatic nitrogens is 1. The van der Waals surface area contributed by atoms with Crippen molar-refractivity contribution in [1.29, 1.82) is 0 Å². The van der Waals surface area contributed by atoms with E-state index in [2.05, 4.69) is 17.2 Å². The van der Waals surface area contributed by atoms with Crippen LogP contribution in [0.15, 0.2) is 11.7 Å². The summed E-state index contributed by atoms with van der Waals surface area (Å²) in [5, 5.41) is 3.77. The van der Waals surface area contributed by atoms with E-state index < -0.39 is 0 Å². The van der Waals surface area contributed by atoms with Crippen LogP contribution in [0.2, 0.25) is 0 Å². The Hall–Kier alpha value is -0.410. The van der Waals surface area contributed by atoms with E-state index in [1.54, 1.807) is 11.3 Å². The lowest BCUT2D eigenvalue weighted by Crippen LogP contribution is -2.34. The van der Waals surface area contributed by atoms with Crippen LogP contribution in [0.3, 0.4) is 0 Å². The molecule has 3 rings (SSSR count). The van der Waals surface area contributed by atoms with Gasteiger partial charge in [-0.3, -0.25) is 4.98 Å². The highest BCUT2D eigenvalue weighted by Gasteiger charge is 2.39. The number of rotatable bonds is 7. The Balaban J connectivity index is 1.55. The van der Waals surface area contributed by atoms with Crippen LogP contribution in [0.5, 0.6) is 0 Å². The van der Waals surface area contributed by atoms with Crippen molar-refractivity contribution >= 4 is 11.3 Å². The molecule has 0 saturated heterocycles. The molecular weight excluding hydrogens is 252 g/mol. The van der Waals surface area contributed by atoms with Gasteiger partial charge in [-0.2, -0.15) is 0 Å². The number of thiazole rings is 1. The van der Waals surface area contributed by atoms with Crippen molar-refractivity contribution in [2.24, 2.45) is 17.8 Å². The number of hydrogen-bond donors (Lipinski definition) is 1. The fraction of sp³-hybridized carbons (Fsp3) is 0.812. The topological polar surface area (TPSA) is 24.9 Å². The highest BCUT2D eigenvalue weighted by molar-refractivity contribution is 7.09. The standard InChI is InChI=1S/C16H26N2S/c1-2-5-18-15(9-16-10-17-11-19-16)8-14-7-12-3-4-13(14)6-12/h10-15,18H,2-9H2,1H3. The Morgan fingerprint density at radius 1 is 1.42 bits per heavy atom. The van der Waals surface area contributed by atoms with Crippen LogP contribution in [0, 0.1) is 17.8 Å². The van der Waals surface area contributed by atoms with E-state index in [4.69, 9.17) is 0 Å². The van der Waals surface area contributed by atoms with Crippen LogP contribution in [-0.4, -0.2) is 17.6 Å². The van der Waals surface area contributed by atoms with Gasteiger partial charge >= 0.3 is 0 Å². The molecule has 2 fully saturated rings. The van der Waals surface area contributed by atoms with E-state index in [-0.39, 0.29) is 0 Å². The second-order valence-corrected chi connectivity index (χ2v) is 7.46. The first kappa shape index (κ1) is 13.6. The zero-order valence-corrected chi connectivity index (χ0v) is 12.8. The highest BCUT2D eigenvalue weighted by atomic mass is 32.1. The van der Waals surface area contributed by atoms with Gasteiger partial charge in [-0.15, -0.1) is 11.3 Å². The van der Waals surface area contributed by atoms with Crippen molar-refractivity contribution in [2.75, 3.05) is 6.54 Å². The van der Waals surface area contributed by atoms with Gasteiger partial charge in [-0.05, 0) is 62.8 Å². The molecule has 2 saturated carbocycles. The first-order chi connectivity index (χ1) is 9.35. The normalized spacial score (nSPS) is 30.9. The van der Waals surface area contributed by atoms with Crippen molar-refractivity contribution in [3.05, 3.63) is 16.6 Å². The predicted octanol–water partition coefficient (Wildman–Crippen LogP) is 3.88. The fourth-order valence-electron chi connectivity index (χ4n) is 4.20. The zero-order chi connectivity index (χ0) is 13.1. The molecule has 0 spiro atoms. The van der Waals surface area contributed by atoms with Crippen LogP contribution >= 0.6 is 11.3 Å². The van der Waals surface area contributed by atoms with E-state index in [1.807, 2.05) is 11.7 Å². The summed E-state index contributed by atoms with van der Waals surface area (Å²) in [6.45, 7) is 3.42. The third-order valence-corrected chi connectivity index (χ3v) is 5.89. The Morgan fingerprint density at radius 2 is 2.37 bits per heavy atom. The van der Waals surface area contributed by atoms with Gasteiger partial charge in [0.25, 0.3) is 0 Å². The summed E-state index contributed by atoms with van der Waals surface area (Å²) in [6, 6.07) is 0.671. The summed E-state index contributed by atoms with van der Waals surface area (Å²) in [4.78, 5) is 5.66. The molecule has 0 amide bonds.